The molecule has 0 unspecified atom stereocenters. The van der Waals surface area contributed by atoms with Crippen LogP contribution in [0.15, 0.2) is 18.2 Å². The van der Waals surface area contributed by atoms with E-state index in [4.69, 9.17) is 14.2 Å². The van der Waals surface area contributed by atoms with Crippen molar-refractivity contribution in [3.63, 3.8) is 0 Å². The maximum absolute atomic E-state index is 11.8. The lowest BCUT2D eigenvalue weighted by atomic mass is 10.1. The zero-order valence-electron chi connectivity index (χ0n) is 13.3. The van der Waals surface area contributed by atoms with E-state index in [0.717, 1.165) is 0 Å². The zero-order chi connectivity index (χ0) is 16.9. The van der Waals surface area contributed by atoms with E-state index in [9.17, 15) is 14.7 Å². The van der Waals surface area contributed by atoms with Crippen molar-refractivity contribution in [2.24, 2.45) is 0 Å². The Morgan fingerprint density at radius 3 is 1.95 bits per heavy atom. The van der Waals surface area contributed by atoms with Gasteiger partial charge in [-0.25, -0.2) is 9.59 Å². The van der Waals surface area contributed by atoms with Gasteiger partial charge in [0.25, 0.3) is 0 Å². The van der Waals surface area contributed by atoms with Crippen LogP contribution in [0.1, 0.15) is 32.4 Å². The number of rotatable bonds is 5. The molecule has 0 radical (unpaired) electrons. The Morgan fingerprint density at radius 2 is 1.59 bits per heavy atom. The van der Waals surface area contributed by atoms with E-state index in [2.05, 4.69) is 5.32 Å². The monoisotopic (exact) mass is 311 g/mol. The van der Waals surface area contributed by atoms with Gasteiger partial charge in [-0.3, -0.25) is 0 Å². The lowest BCUT2D eigenvalue weighted by molar-refractivity contribution is -0.139. The van der Waals surface area contributed by atoms with Crippen molar-refractivity contribution in [3.8, 4) is 11.5 Å². The molecule has 1 rings (SSSR count). The molecule has 0 aliphatic carbocycles. The van der Waals surface area contributed by atoms with E-state index in [-0.39, 0.29) is 0 Å². The standard InChI is InChI=1S/C15H21NO6/c1-15(2,3)22-14(19)16-12(13(17)18)9-6-10(20-4)8-11(7-9)21-5/h6-8,12H,1-5H3,(H,16,19)(H,17,18)/t12-/m0/s1. The Bertz CT molecular complexity index is 527. The van der Waals surface area contributed by atoms with E-state index in [1.165, 1.54) is 26.4 Å². The number of hydrogen-bond acceptors (Lipinski definition) is 5. The fourth-order valence-electron chi connectivity index (χ4n) is 1.71. The third-order valence-corrected chi connectivity index (χ3v) is 2.62. The summed E-state index contributed by atoms with van der Waals surface area (Å²) in [6.45, 7) is 5.07. The van der Waals surface area contributed by atoms with Crippen LogP contribution in [0.3, 0.4) is 0 Å². The third kappa shape index (κ3) is 5.16. The molecule has 1 aromatic carbocycles. The van der Waals surface area contributed by atoms with Gasteiger partial charge < -0.3 is 24.6 Å². The van der Waals surface area contributed by atoms with Crippen LogP contribution >= 0.6 is 0 Å². The lowest BCUT2D eigenvalue weighted by Crippen LogP contribution is -2.38. The van der Waals surface area contributed by atoms with E-state index < -0.39 is 23.7 Å². The number of hydrogen-bond donors (Lipinski definition) is 2. The number of amides is 1. The first-order valence-corrected chi connectivity index (χ1v) is 6.61. The number of methoxy groups -OCH3 is 2. The summed E-state index contributed by atoms with van der Waals surface area (Å²) in [4.78, 5) is 23.2. The highest BCUT2D eigenvalue weighted by molar-refractivity contribution is 5.81. The Kier molecular flexibility index (Phi) is 5.62. The molecule has 22 heavy (non-hydrogen) atoms. The average Bonchev–Trinajstić information content (AvgIpc) is 2.41. The van der Waals surface area contributed by atoms with Gasteiger partial charge in [-0.1, -0.05) is 0 Å². The molecule has 1 amide bonds. The second kappa shape index (κ2) is 7.02. The highest BCUT2D eigenvalue weighted by atomic mass is 16.6. The fourth-order valence-corrected chi connectivity index (χ4v) is 1.71. The third-order valence-electron chi connectivity index (χ3n) is 2.62. The van der Waals surface area contributed by atoms with Gasteiger partial charge in [-0.05, 0) is 38.5 Å². The predicted molar refractivity (Wildman–Crippen MR) is 79.3 cm³/mol. The molecule has 0 aromatic heterocycles. The summed E-state index contributed by atoms with van der Waals surface area (Å²) in [5.41, 5.74) is -0.409. The summed E-state index contributed by atoms with van der Waals surface area (Å²) in [7, 11) is 2.91. The molecule has 0 heterocycles. The summed E-state index contributed by atoms with van der Waals surface area (Å²) in [6.07, 6.45) is -0.818. The van der Waals surface area contributed by atoms with Gasteiger partial charge in [0, 0.05) is 6.07 Å². The number of carbonyl (C=O) groups excluding carboxylic acids is 1. The molecular formula is C15H21NO6. The van der Waals surface area contributed by atoms with Crippen LogP contribution < -0.4 is 14.8 Å². The number of aliphatic carboxylic acids is 1. The van der Waals surface area contributed by atoms with Gasteiger partial charge in [0.15, 0.2) is 6.04 Å². The van der Waals surface area contributed by atoms with Crippen molar-refractivity contribution in [1.82, 2.24) is 5.32 Å². The van der Waals surface area contributed by atoms with Gasteiger partial charge in [-0.15, -0.1) is 0 Å². The number of alkyl carbamates (subject to hydrolysis) is 1. The first kappa shape index (κ1) is 17.6. The Hall–Kier alpha value is -2.44. The number of nitrogens with one attached hydrogen (secondary N) is 1. The molecular weight excluding hydrogens is 290 g/mol. The molecule has 122 valence electrons. The maximum Gasteiger partial charge on any atom is 0.408 e. The minimum absolute atomic E-state index is 0.314. The van der Waals surface area contributed by atoms with Gasteiger partial charge >= 0.3 is 12.1 Å². The van der Waals surface area contributed by atoms with Gasteiger partial charge in [0.2, 0.25) is 0 Å². The number of carboxylic acids is 1. The molecule has 7 nitrogen and oxygen atoms in total. The van der Waals surface area contributed by atoms with Crippen LogP contribution in [-0.4, -0.2) is 37.0 Å². The molecule has 1 atom stereocenters. The largest absolute Gasteiger partial charge is 0.497 e. The molecule has 1 aromatic rings. The molecule has 0 saturated heterocycles. The molecule has 0 aliphatic heterocycles. The SMILES string of the molecule is COc1cc(OC)cc([C@H](NC(=O)OC(C)(C)C)C(=O)O)c1. The smallest absolute Gasteiger partial charge is 0.408 e. The van der Waals surface area contributed by atoms with Crippen molar-refractivity contribution in [1.29, 1.82) is 0 Å². The minimum atomic E-state index is -1.28. The van der Waals surface area contributed by atoms with Crippen LogP contribution in [0.2, 0.25) is 0 Å². The summed E-state index contributed by atoms with van der Waals surface area (Å²) in [5.74, 6) is -0.376. The van der Waals surface area contributed by atoms with E-state index >= 15 is 0 Å². The molecule has 2 N–H and O–H groups in total. The van der Waals surface area contributed by atoms with E-state index in [1.807, 2.05) is 0 Å². The van der Waals surface area contributed by atoms with E-state index in [0.29, 0.717) is 17.1 Å². The summed E-state index contributed by atoms with van der Waals surface area (Å²) < 4.78 is 15.3. The summed E-state index contributed by atoms with van der Waals surface area (Å²) in [5, 5.41) is 11.7. The molecule has 0 spiro atoms. The van der Waals surface area contributed by atoms with Crippen molar-refractivity contribution in [2.75, 3.05) is 14.2 Å². The molecule has 0 bridgehead atoms. The fraction of sp³-hybridized carbons (Fsp3) is 0.467. The molecule has 0 saturated carbocycles. The zero-order valence-corrected chi connectivity index (χ0v) is 13.3. The van der Waals surface area contributed by atoms with Crippen molar-refractivity contribution >= 4 is 12.1 Å². The van der Waals surface area contributed by atoms with E-state index in [1.54, 1.807) is 26.8 Å². The van der Waals surface area contributed by atoms with Gasteiger partial charge in [0.05, 0.1) is 14.2 Å². The quantitative estimate of drug-likeness (QED) is 0.867. The van der Waals surface area contributed by atoms with Crippen LogP contribution in [0.5, 0.6) is 11.5 Å². The summed E-state index contributed by atoms with van der Waals surface area (Å²) >= 11 is 0. The Labute approximate surface area is 129 Å². The van der Waals surface area contributed by atoms with Crippen molar-refractivity contribution in [3.05, 3.63) is 23.8 Å². The van der Waals surface area contributed by atoms with Crippen molar-refractivity contribution < 1.29 is 28.9 Å². The maximum atomic E-state index is 11.8. The summed E-state index contributed by atoms with van der Waals surface area (Å²) in [6, 6.07) is 3.35. The number of benzene rings is 1. The average molecular weight is 311 g/mol. The van der Waals surface area contributed by atoms with Gasteiger partial charge in [-0.2, -0.15) is 0 Å². The normalized spacial score (nSPS) is 12.2. The van der Waals surface area contributed by atoms with Crippen LogP contribution in [0.4, 0.5) is 4.79 Å². The lowest BCUT2D eigenvalue weighted by Gasteiger charge is -2.22. The Morgan fingerprint density at radius 1 is 1.09 bits per heavy atom. The van der Waals surface area contributed by atoms with Crippen LogP contribution in [-0.2, 0) is 9.53 Å². The Balaban J connectivity index is 3.05. The number of carbonyl (C=O) groups is 2. The molecule has 0 aliphatic rings. The molecule has 7 heteroatoms. The number of carboxylic acid groups (broad SMARTS) is 1. The van der Waals surface area contributed by atoms with Crippen LogP contribution in [0.25, 0.3) is 0 Å². The van der Waals surface area contributed by atoms with Crippen molar-refractivity contribution in [2.45, 2.75) is 32.4 Å². The highest BCUT2D eigenvalue weighted by Gasteiger charge is 2.26. The molecule has 0 fully saturated rings. The van der Waals surface area contributed by atoms with Crippen LogP contribution in [0, 0.1) is 0 Å². The van der Waals surface area contributed by atoms with Gasteiger partial charge in [0.1, 0.15) is 17.1 Å². The first-order valence-electron chi connectivity index (χ1n) is 6.61. The minimum Gasteiger partial charge on any atom is -0.497 e. The predicted octanol–water partition coefficient (Wildman–Crippen LogP) is 2.35. The second-order valence-corrected chi connectivity index (χ2v) is 5.56. The highest BCUT2D eigenvalue weighted by Crippen LogP contribution is 2.27. The second-order valence-electron chi connectivity index (χ2n) is 5.56. The number of ether oxygens (including phenoxy) is 3. The first-order chi connectivity index (χ1) is 10.2. The topological polar surface area (TPSA) is 94.1 Å².